The van der Waals surface area contributed by atoms with Gasteiger partial charge in [-0.05, 0) is 110 Å². The Morgan fingerprint density at radius 1 is 0.906 bits per heavy atom. The number of nitrogens with one attached hydrogen (secondary N) is 1. The third kappa shape index (κ3) is 6.94. The number of aliphatic hydroxyl groups is 1. The molecular formula is C41H40N8O4. The number of β-amino-alcohol motifs (C(OH)–C–C–N with tert-alkyl or cyclic N) is 1. The SMILES string of the molecule is Cc1c(Nc2ncnc3cc(CN4CCC(O)C4)cnc23)cccc1-c1cccc(-c2nc3cc(CN4CCC(C(=O)O)CC4)cc(C#N)c3o2)c1C. The molecule has 0 bridgehead atoms. The molecule has 2 saturated heterocycles. The van der Waals surface area contributed by atoms with Gasteiger partial charge >= 0.3 is 5.97 Å². The summed E-state index contributed by atoms with van der Waals surface area (Å²) in [6.07, 6.45) is 5.17. The summed E-state index contributed by atoms with van der Waals surface area (Å²) in [5.74, 6) is 0.0374. The van der Waals surface area contributed by atoms with Crippen LogP contribution in [-0.4, -0.2) is 78.2 Å². The van der Waals surface area contributed by atoms with E-state index >= 15 is 0 Å². The van der Waals surface area contributed by atoms with E-state index in [-0.39, 0.29) is 12.0 Å². The zero-order valence-corrected chi connectivity index (χ0v) is 29.7. The molecule has 3 N–H and O–H groups in total. The van der Waals surface area contributed by atoms with Gasteiger partial charge in [0.05, 0.1) is 23.1 Å². The van der Waals surface area contributed by atoms with Crippen LogP contribution in [0.1, 0.15) is 47.1 Å². The van der Waals surface area contributed by atoms with E-state index in [2.05, 4.69) is 57.1 Å². The number of benzene rings is 3. The maximum absolute atomic E-state index is 11.4. The summed E-state index contributed by atoms with van der Waals surface area (Å²) in [6, 6.07) is 20.3. The predicted octanol–water partition coefficient (Wildman–Crippen LogP) is 6.60. The maximum atomic E-state index is 11.4. The van der Waals surface area contributed by atoms with Gasteiger partial charge in [-0.1, -0.05) is 24.3 Å². The Morgan fingerprint density at radius 3 is 2.38 bits per heavy atom. The lowest BCUT2D eigenvalue weighted by Gasteiger charge is -2.30. The third-order valence-electron chi connectivity index (χ3n) is 10.6. The summed E-state index contributed by atoms with van der Waals surface area (Å²) < 4.78 is 6.30. The van der Waals surface area contributed by atoms with Crippen molar-refractivity contribution in [2.75, 3.05) is 31.5 Å². The number of carboxylic acids is 1. The van der Waals surface area contributed by atoms with Gasteiger partial charge in [-0.2, -0.15) is 5.26 Å². The highest BCUT2D eigenvalue weighted by molar-refractivity contribution is 5.89. The van der Waals surface area contributed by atoms with Crippen LogP contribution in [0.4, 0.5) is 11.5 Å². The summed E-state index contributed by atoms with van der Waals surface area (Å²) in [5.41, 5.74) is 10.7. The van der Waals surface area contributed by atoms with Crippen LogP contribution in [0.25, 0.3) is 44.7 Å². The average Bonchev–Trinajstić information content (AvgIpc) is 3.78. The normalized spacial score (nSPS) is 17.1. The second-order valence-corrected chi connectivity index (χ2v) is 14.2. The molecule has 268 valence electrons. The van der Waals surface area contributed by atoms with Crippen molar-refractivity contribution >= 4 is 39.6 Å². The minimum absolute atomic E-state index is 0.269. The molecule has 0 radical (unpaired) electrons. The van der Waals surface area contributed by atoms with Crippen molar-refractivity contribution in [3.63, 3.8) is 0 Å². The molecule has 1 atom stereocenters. The minimum atomic E-state index is -0.730. The van der Waals surface area contributed by atoms with Crippen LogP contribution in [0.5, 0.6) is 0 Å². The zero-order chi connectivity index (χ0) is 36.6. The molecule has 2 fully saturated rings. The van der Waals surface area contributed by atoms with Gasteiger partial charge in [0.15, 0.2) is 11.4 Å². The van der Waals surface area contributed by atoms with Crippen LogP contribution in [0.3, 0.4) is 0 Å². The molecular weight excluding hydrogens is 669 g/mol. The van der Waals surface area contributed by atoms with Crippen molar-refractivity contribution in [2.24, 2.45) is 5.92 Å². The molecule has 2 aliphatic rings. The van der Waals surface area contributed by atoms with Gasteiger partial charge < -0.3 is 19.9 Å². The number of hydrogen-bond acceptors (Lipinski definition) is 11. The second-order valence-electron chi connectivity index (χ2n) is 14.2. The molecule has 3 aromatic heterocycles. The van der Waals surface area contributed by atoms with E-state index in [1.54, 1.807) is 6.33 Å². The lowest BCUT2D eigenvalue weighted by atomic mass is 9.93. The van der Waals surface area contributed by atoms with Gasteiger partial charge in [0.25, 0.3) is 0 Å². The number of anilines is 2. The first-order chi connectivity index (χ1) is 25.7. The standard InChI is InChI=1S/C41H40N8O4/c1-24-31(5-3-7-33(24)40-47-36-16-26(15-29(18-42)38(36)53-40)20-48-12-9-28(10-13-48)41(51)52)32-6-4-8-34(25(32)2)46-39-37-35(44-23-45-39)17-27(19-43-37)21-49-14-11-30(50)22-49/h3-8,15-17,19,23,28,30,50H,9-14,20-22H2,1-2H3,(H,51,52)(H,44,45,46). The molecule has 0 amide bonds. The first-order valence-electron chi connectivity index (χ1n) is 18.0. The fourth-order valence-electron chi connectivity index (χ4n) is 7.70. The van der Waals surface area contributed by atoms with Gasteiger partial charge in [0, 0.05) is 43.6 Å². The predicted molar refractivity (Wildman–Crippen MR) is 201 cm³/mol. The van der Waals surface area contributed by atoms with Crippen molar-refractivity contribution in [3.05, 3.63) is 94.9 Å². The largest absolute Gasteiger partial charge is 0.481 e. The number of pyridine rings is 1. The fraction of sp³-hybridized carbons (Fsp3) is 0.317. The molecule has 12 heteroatoms. The number of carbonyl (C=O) groups is 1. The average molecular weight is 709 g/mol. The lowest BCUT2D eigenvalue weighted by molar-refractivity contribution is -0.143. The number of aromatic nitrogens is 4. The van der Waals surface area contributed by atoms with Crippen LogP contribution >= 0.6 is 0 Å². The smallest absolute Gasteiger partial charge is 0.306 e. The quantitative estimate of drug-likeness (QED) is 0.148. The van der Waals surface area contributed by atoms with Crippen LogP contribution in [-0.2, 0) is 17.9 Å². The summed E-state index contributed by atoms with van der Waals surface area (Å²) in [6.45, 7) is 8.39. The van der Waals surface area contributed by atoms with E-state index in [4.69, 9.17) is 14.4 Å². The molecule has 6 aromatic rings. The molecule has 3 aromatic carbocycles. The number of carboxylic acid groups (broad SMARTS) is 1. The van der Waals surface area contributed by atoms with Gasteiger partial charge in [0.1, 0.15) is 23.4 Å². The number of likely N-dealkylation sites (tertiary alicyclic amines) is 2. The van der Waals surface area contributed by atoms with E-state index < -0.39 is 5.97 Å². The number of rotatable bonds is 9. The van der Waals surface area contributed by atoms with Crippen LogP contribution in [0, 0.1) is 31.1 Å². The van der Waals surface area contributed by atoms with Crippen LogP contribution < -0.4 is 5.32 Å². The molecule has 0 aliphatic carbocycles. The minimum Gasteiger partial charge on any atom is -0.481 e. The Kier molecular flexibility index (Phi) is 9.30. The number of fused-ring (bicyclic) bond motifs is 2. The van der Waals surface area contributed by atoms with Gasteiger partial charge in [-0.3, -0.25) is 19.6 Å². The molecule has 8 rings (SSSR count). The second kappa shape index (κ2) is 14.4. The van der Waals surface area contributed by atoms with E-state index in [1.807, 2.05) is 48.7 Å². The number of nitriles is 1. The van der Waals surface area contributed by atoms with Crippen molar-refractivity contribution in [1.29, 1.82) is 5.26 Å². The van der Waals surface area contributed by atoms with Gasteiger partial charge in [-0.25, -0.2) is 15.0 Å². The zero-order valence-electron chi connectivity index (χ0n) is 29.7. The summed E-state index contributed by atoms with van der Waals surface area (Å²) >= 11 is 0. The Balaban J connectivity index is 1.05. The van der Waals surface area contributed by atoms with E-state index in [9.17, 15) is 20.3 Å². The van der Waals surface area contributed by atoms with Gasteiger partial charge in [-0.15, -0.1) is 0 Å². The maximum Gasteiger partial charge on any atom is 0.306 e. The Bertz CT molecular complexity index is 2390. The molecule has 2 aliphatic heterocycles. The highest BCUT2D eigenvalue weighted by atomic mass is 16.4. The Labute approximate surface area is 306 Å². The molecule has 1 unspecified atom stereocenters. The number of piperidine rings is 1. The molecule has 5 heterocycles. The summed E-state index contributed by atoms with van der Waals surface area (Å²) in [7, 11) is 0. The molecule has 0 saturated carbocycles. The van der Waals surface area contributed by atoms with Crippen molar-refractivity contribution in [3.8, 4) is 28.7 Å². The molecule has 0 spiro atoms. The summed E-state index contributed by atoms with van der Waals surface area (Å²) in [4.78, 5) is 34.5. The van der Waals surface area contributed by atoms with Crippen molar-refractivity contribution < 1.29 is 19.4 Å². The monoisotopic (exact) mass is 708 g/mol. The van der Waals surface area contributed by atoms with E-state index in [0.717, 1.165) is 63.1 Å². The number of aliphatic carboxylic acids is 1. The fourth-order valence-corrected chi connectivity index (χ4v) is 7.70. The highest BCUT2D eigenvalue weighted by Crippen LogP contribution is 2.38. The lowest BCUT2D eigenvalue weighted by Crippen LogP contribution is -2.35. The number of aliphatic hydroxyl groups excluding tert-OH is 1. The van der Waals surface area contributed by atoms with Gasteiger partial charge in [0.2, 0.25) is 5.89 Å². The molecule has 12 nitrogen and oxygen atoms in total. The highest BCUT2D eigenvalue weighted by Gasteiger charge is 2.25. The van der Waals surface area contributed by atoms with E-state index in [0.29, 0.717) is 79.5 Å². The van der Waals surface area contributed by atoms with Crippen LogP contribution in [0.15, 0.2) is 71.5 Å². The number of hydrogen-bond donors (Lipinski definition) is 3. The Hall–Kier alpha value is -5.74. The van der Waals surface area contributed by atoms with Crippen LogP contribution in [0.2, 0.25) is 0 Å². The first-order valence-corrected chi connectivity index (χ1v) is 18.0. The number of nitrogens with zero attached hydrogens (tertiary/aromatic N) is 7. The third-order valence-corrected chi connectivity index (χ3v) is 10.6. The van der Waals surface area contributed by atoms with Crippen molar-refractivity contribution in [1.82, 2.24) is 29.7 Å². The Morgan fingerprint density at radius 2 is 1.62 bits per heavy atom. The number of oxazole rings is 1. The topological polar surface area (TPSA) is 165 Å². The van der Waals surface area contributed by atoms with Crippen molar-refractivity contribution in [2.45, 2.75) is 52.3 Å². The first kappa shape index (κ1) is 34.4. The summed E-state index contributed by atoms with van der Waals surface area (Å²) in [5, 5.41) is 32.8. The molecule has 53 heavy (non-hydrogen) atoms. The van der Waals surface area contributed by atoms with E-state index in [1.165, 1.54) is 0 Å².